The normalized spacial score (nSPS) is 12.8. The molecular weight excluding hydrogens is 829 g/mol. The average molecular weight is 925 g/mol. The summed E-state index contributed by atoms with van der Waals surface area (Å²) < 4.78 is 16.7. The first-order chi connectivity index (χ1) is 33.0. The third-order valence-electron chi connectivity index (χ3n) is 10.6. The van der Waals surface area contributed by atoms with Crippen LogP contribution < -0.4 is 0 Å². The molecule has 0 saturated heterocycles. The standard InChI is InChI=1S/C61H96O6/c1-4-7-10-13-16-19-22-25-28-30-33-35-38-41-44-47-50-53-59(62)65-56-58(67-61(64)55-52-49-46-43-40-37-32-27-24-21-18-15-12-9-6-3)57-66-60(63)54-51-48-45-42-39-36-34-31-29-26-23-20-17-14-11-8-5-2/h9,12,16-21,25-29,32-36,41-42,44-45,58H,4-8,10-11,13-15,22-24,30-31,37-40,43,46-57H2,1-3H3/b12-9-,19-16-,20-17-,21-18-,28-25-,29-26-,32-27-,35-33-,36-34-,44-41-,45-42-. The lowest BCUT2D eigenvalue weighted by atomic mass is 10.1. The number of hydrogen-bond acceptors (Lipinski definition) is 6. The lowest BCUT2D eigenvalue weighted by molar-refractivity contribution is -0.167. The number of unbranched alkanes of at least 4 members (excludes halogenated alkanes) is 13. The smallest absolute Gasteiger partial charge is 0.306 e. The summed E-state index contributed by atoms with van der Waals surface area (Å²) in [6.07, 6.45) is 75.8. The van der Waals surface area contributed by atoms with E-state index in [0.717, 1.165) is 109 Å². The zero-order valence-electron chi connectivity index (χ0n) is 42.9. The first-order valence-corrected chi connectivity index (χ1v) is 26.7. The van der Waals surface area contributed by atoms with Gasteiger partial charge >= 0.3 is 17.9 Å². The Kier molecular flexibility index (Phi) is 50.6. The van der Waals surface area contributed by atoms with Crippen LogP contribution in [0.2, 0.25) is 0 Å². The summed E-state index contributed by atoms with van der Waals surface area (Å²) in [7, 11) is 0. The Morgan fingerprint density at radius 3 is 0.955 bits per heavy atom. The van der Waals surface area contributed by atoms with Gasteiger partial charge in [0.25, 0.3) is 0 Å². The molecule has 0 rings (SSSR count). The van der Waals surface area contributed by atoms with E-state index in [9.17, 15) is 14.4 Å². The maximum Gasteiger partial charge on any atom is 0.306 e. The molecule has 0 aromatic heterocycles. The van der Waals surface area contributed by atoms with E-state index in [0.29, 0.717) is 12.8 Å². The zero-order valence-corrected chi connectivity index (χ0v) is 42.9. The Balaban J connectivity index is 4.61. The summed E-state index contributed by atoms with van der Waals surface area (Å²) in [5, 5.41) is 0. The largest absolute Gasteiger partial charge is 0.462 e. The van der Waals surface area contributed by atoms with Gasteiger partial charge in [-0.05, 0) is 128 Å². The molecule has 6 nitrogen and oxygen atoms in total. The fourth-order valence-electron chi connectivity index (χ4n) is 6.62. The topological polar surface area (TPSA) is 78.9 Å². The maximum atomic E-state index is 12.8. The predicted molar refractivity (Wildman–Crippen MR) is 288 cm³/mol. The molecule has 0 aliphatic heterocycles. The van der Waals surface area contributed by atoms with Gasteiger partial charge in [-0.3, -0.25) is 14.4 Å². The molecule has 0 N–H and O–H groups in total. The van der Waals surface area contributed by atoms with Crippen molar-refractivity contribution in [2.24, 2.45) is 0 Å². The van der Waals surface area contributed by atoms with Crippen LogP contribution in [0, 0.1) is 0 Å². The summed E-state index contributed by atoms with van der Waals surface area (Å²) in [5.74, 6) is -1.07. The van der Waals surface area contributed by atoms with E-state index in [1.165, 1.54) is 51.4 Å². The van der Waals surface area contributed by atoms with Crippen LogP contribution in [0.4, 0.5) is 0 Å². The fraction of sp³-hybridized carbons (Fsp3) is 0.590. The van der Waals surface area contributed by atoms with Gasteiger partial charge < -0.3 is 14.2 Å². The lowest BCUT2D eigenvalue weighted by Gasteiger charge is -2.18. The van der Waals surface area contributed by atoms with Crippen molar-refractivity contribution in [3.63, 3.8) is 0 Å². The van der Waals surface area contributed by atoms with Gasteiger partial charge in [0.1, 0.15) is 13.2 Å². The maximum absolute atomic E-state index is 12.8. The van der Waals surface area contributed by atoms with E-state index in [1.807, 2.05) is 0 Å². The number of rotatable bonds is 46. The molecule has 0 aromatic carbocycles. The van der Waals surface area contributed by atoms with Crippen molar-refractivity contribution < 1.29 is 28.6 Å². The first kappa shape index (κ1) is 62.5. The number of ether oxygens (including phenoxy) is 3. The van der Waals surface area contributed by atoms with Crippen LogP contribution in [0.25, 0.3) is 0 Å². The molecule has 376 valence electrons. The third kappa shape index (κ3) is 52.4. The quantitative estimate of drug-likeness (QED) is 0.0262. The number of hydrogen-bond donors (Lipinski definition) is 0. The second kappa shape index (κ2) is 54.2. The van der Waals surface area contributed by atoms with Crippen molar-refractivity contribution in [3.05, 3.63) is 134 Å². The monoisotopic (exact) mass is 925 g/mol. The Morgan fingerprint density at radius 1 is 0.313 bits per heavy atom. The molecule has 0 heterocycles. The summed E-state index contributed by atoms with van der Waals surface area (Å²) in [6.45, 7) is 6.34. The molecule has 0 aliphatic rings. The molecule has 0 saturated carbocycles. The van der Waals surface area contributed by atoms with Gasteiger partial charge in [-0.2, -0.15) is 0 Å². The molecule has 0 unspecified atom stereocenters. The van der Waals surface area contributed by atoms with Crippen molar-refractivity contribution in [1.82, 2.24) is 0 Å². The van der Waals surface area contributed by atoms with Gasteiger partial charge in [0, 0.05) is 19.3 Å². The molecule has 0 aromatic rings. The minimum Gasteiger partial charge on any atom is -0.462 e. The van der Waals surface area contributed by atoms with Gasteiger partial charge in [0.05, 0.1) is 0 Å². The van der Waals surface area contributed by atoms with Crippen molar-refractivity contribution in [2.45, 2.75) is 219 Å². The highest BCUT2D eigenvalue weighted by Gasteiger charge is 2.19. The molecule has 6 heteroatoms. The second-order valence-corrected chi connectivity index (χ2v) is 17.0. The zero-order chi connectivity index (χ0) is 48.6. The van der Waals surface area contributed by atoms with Crippen molar-refractivity contribution in [2.75, 3.05) is 13.2 Å². The predicted octanol–water partition coefficient (Wildman–Crippen LogP) is 17.9. The molecule has 0 fully saturated rings. The molecule has 67 heavy (non-hydrogen) atoms. The van der Waals surface area contributed by atoms with Crippen LogP contribution in [0.15, 0.2) is 134 Å². The molecule has 0 amide bonds. The van der Waals surface area contributed by atoms with Crippen LogP contribution in [0.3, 0.4) is 0 Å². The lowest BCUT2D eigenvalue weighted by Crippen LogP contribution is -2.30. The van der Waals surface area contributed by atoms with E-state index < -0.39 is 6.10 Å². The van der Waals surface area contributed by atoms with E-state index in [2.05, 4.69) is 154 Å². The van der Waals surface area contributed by atoms with E-state index in [4.69, 9.17) is 14.2 Å². The number of allylic oxidation sites excluding steroid dienone is 22. The number of carbonyl (C=O) groups is 3. The van der Waals surface area contributed by atoms with Crippen LogP contribution in [0.5, 0.6) is 0 Å². The number of carbonyl (C=O) groups excluding carboxylic acids is 3. The molecule has 0 aliphatic carbocycles. The van der Waals surface area contributed by atoms with Gasteiger partial charge in [-0.25, -0.2) is 0 Å². The van der Waals surface area contributed by atoms with Crippen LogP contribution in [0.1, 0.15) is 213 Å². The minimum absolute atomic E-state index is 0.135. The highest BCUT2D eigenvalue weighted by atomic mass is 16.6. The van der Waals surface area contributed by atoms with Gasteiger partial charge in [-0.1, -0.05) is 199 Å². The summed E-state index contributed by atoms with van der Waals surface area (Å²) >= 11 is 0. The summed E-state index contributed by atoms with van der Waals surface area (Å²) in [4.78, 5) is 38.0. The van der Waals surface area contributed by atoms with Crippen molar-refractivity contribution >= 4 is 17.9 Å². The van der Waals surface area contributed by atoms with Gasteiger partial charge in [0.2, 0.25) is 0 Å². The SMILES string of the molecule is CC/C=C\C/C=C\C/C=C\CCCCCCCC(=O)OC(COC(=O)CCC/C=C\C/C=C\C/C=C\C/C=C\CCCCC)COC(=O)CCC/C=C\C/C=C\C/C=C\C/C=C\CCCCC. The first-order valence-electron chi connectivity index (χ1n) is 26.7. The Bertz CT molecular complexity index is 1400. The van der Waals surface area contributed by atoms with Gasteiger partial charge in [-0.15, -0.1) is 0 Å². The van der Waals surface area contributed by atoms with Crippen LogP contribution in [-0.4, -0.2) is 37.2 Å². The summed E-state index contributed by atoms with van der Waals surface area (Å²) in [5.41, 5.74) is 0. The number of esters is 3. The van der Waals surface area contributed by atoms with Crippen molar-refractivity contribution in [3.8, 4) is 0 Å². The van der Waals surface area contributed by atoms with E-state index in [-0.39, 0.29) is 50.4 Å². The minimum atomic E-state index is -0.836. The van der Waals surface area contributed by atoms with E-state index in [1.54, 1.807) is 0 Å². The molecule has 0 radical (unpaired) electrons. The van der Waals surface area contributed by atoms with E-state index >= 15 is 0 Å². The average Bonchev–Trinajstić information content (AvgIpc) is 3.33. The Hall–Kier alpha value is -4.45. The second-order valence-electron chi connectivity index (χ2n) is 17.0. The molecule has 0 atom stereocenters. The third-order valence-corrected chi connectivity index (χ3v) is 10.6. The molecule has 0 bridgehead atoms. The highest BCUT2D eigenvalue weighted by molar-refractivity contribution is 5.71. The Labute approximate surface area is 411 Å². The summed E-state index contributed by atoms with van der Waals surface area (Å²) in [6, 6.07) is 0. The molecule has 0 spiro atoms. The van der Waals surface area contributed by atoms with Crippen molar-refractivity contribution in [1.29, 1.82) is 0 Å². The van der Waals surface area contributed by atoms with Crippen LogP contribution in [-0.2, 0) is 28.6 Å². The highest BCUT2D eigenvalue weighted by Crippen LogP contribution is 2.11. The molecular formula is C61H96O6. The van der Waals surface area contributed by atoms with Gasteiger partial charge in [0.15, 0.2) is 6.10 Å². The Morgan fingerprint density at radius 2 is 0.597 bits per heavy atom. The van der Waals surface area contributed by atoms with Crippen LogP contribution >= 0.6 is 0 Å². The fourth-order valence-corrected chi connectivity index (χ4v) is 6.62.